The summed E-state index contributed by atoms with van der Waals surface area (Å²) in [5.41, 5.74) is 0. The molecule has 0 aliphatic carbocycles. The van der Waals surface area contributed by atoms with Gasteiger partial charge in [-0.15, -0.1) is 0 Å². The van der Waals surface area contributed by atoms with Gasteiger partial charge in [0.05, 0.1) is 0 Å². The van der Waals surface area contributed by atoms with Gasteiger partial charge >= 0.3 is 6.04 Å². The summed E-state index contributed by atoms with van der Waals surface area (Å²) in [6.45, 7) is 5.37. The molecule has 0 aromatic heterocycles. The molecule has 0 aliphatic heterocycles. The topological polar surface area (TPSA) is 116 Å². The van der Waals surface area contributed by atoms with Crippen LogP contribution < -0.4 is 21.3 Å². The van der Waals surface area contributed by atoms with Gasteiger partial charge < -0.3 is 21.3 Å². The minimum absolute atomic E-state index is 0.0227. The number of unbranched alkanes of at least 4 members (excludes halogenated alkanes) is 6. The highest BCUT2D eigenvalue weighted by atomic mass is 19.1. The van der Waals surface area contributed by atoms with E-state index in [1.54, 1.807) is 0 Å². The Morgan fingerprint density at radius 1 is 0.676 bits per heavy atom. The minimum atomic E-state index is -1.57. The standard InChI is InChI=1S/C25H47FN4O4/c1-4-6-8-16-22(31)28-19-13-11-15-21(29-23(32)17-9-7-5-2)25(34)30-20(24(26)33)14-10-12-18-27-3/h20-21,27H,4-19H2,1-3H3,(H,28,31)(H,29,32)(H,30,34). The Hall–Kier alpha value is -2.03. The van der Waals surface area contributed by atoms with Gasteiger partial charge in [-0.1, -0.05) is 39.5 Å². The highest BCUT2D eigenvalue weighted by Crippen LogP contribution is 2.08. The van der Waals surface area contributed by atoms with E-state index < -0.39 is 24.0 Å². The van der Waals surface area contributed by atoms with E-state index in [1.165, 1.54) is 0 Å². The molecule has 0 rings (SSSR count). The zero-order chi connectivity index (χ0) is 25.6. The molecule has 0 aromatic carbocycles. The second-order valence-electron chi connectivity index (χ2n) is 8.84. The molecule has 34 heavy (non-hydrogen) atoms. The number of carbonyl (C=O) groups excluding carboxylic acids is 4. The zero-order valence-electron chi connectivity index (χ0n) is 21.5. The maximum atomic E-state index is 13.5. The van der Waals surface area contributed by atoms with E-state index in [2.05, 4.69) is 28.2 Å². The van der Waals surface area contributed by atoms with Gasteiger partial charge in [-0.2, -0.15) is 4.39 Å². The summed E-state index contributed by atoms with van der Waals surface area (Å²) in [4.78, 5) is 48.3. The third kappa shape index (κ3) is 17.4. The molecular formula is C25H47FN4O4. The molecule has 2 atom stereocenters. The summed E-state index contributed by atoms with van der Waals surface area (Å²) < 4.78 is 13.5. The van der Waals surface area contributed by atoms with E-state index in [9.17, 15) is 23.6 Å². The molecule has 0 fully saturated rings. The Labute approximate surface area is 205 Å². The highest BCUT2D eigenvalue weighted by molar-refractivity contribution is 5.90. The summed E-state index contributed by atoms with van der Waals surface area (Å²) in [5, 5.41) is 11.1. The molecule has 3 amide bonds. The van der Waals surface area contributed by atoms with Crippen molar-refractivity contribution < 1.29 is 23.6 Å². The van der Waals surface area contributed by atoms with Crippen molar-refractivity contribution in [1.82, 2.24) is 21.3 Å². The fourth-order valence-corrected chi connectivity index (χ4v) is 3.56. The highest BCUT2D eigenvalue weighted by Gasteiger charge is 2.26. The number of nitrogens with one attached hydrogen (secondary N) is 4. The third-order valence-corrected chi connectivity index (χ3v) is 5.67. The lowest BCUT2D eigenvalue weighted by Crippen LogP contribution is -2.51. The fraction of sp³-hybridized carbons (Fsp3) is 0.840. The van der Waals surface area contributed by atoms with Gasteiger partial charge in [-0.25, -0.2) is 0 Å². The molecule has 0 spiro atoms. The van der Waals surface area contributed by atoms with Gasteiger partial charge in [0.25, 0.3) is 0 Å². The van der Waals surface area contributed by atoms with Crippen LogP contribution in [-0.4, -0.2) is 56.0 Å². The van der Waals surface area contributed by atoms with E-state index in [0.717, 1.165) is 51.5 Å². The first kappa shape index (κ1) is 32.0. The number of hydrogen-bond donors (Lipinski definition) is 4. The van der Waals surface area contributed by atoms with Gasteiger partial charge in [-0.05, 0) is 65.0 Å². The lowest BCUT2D eigenvalue weighted by Gasteiger charge is -2.21. The molecule has 0 aromatic rings. The van der Waals surface area contributed by atoms with Crippen LogP contribution in [0.2, 0.25) is 0 Å². The number of amides is 3. The molecule has 0 saturated carbocycles. The molecule has 8 nitrogen and oxygen atoms in total. The average Bonchev–Trinajstić information content (AvgIpc) is 2.80. The van der Waals surface area contributed by atoms with Crippen molar-refractivity contribution in [2.24, 2.45) is 0 Å². The Bertz CT molecular complexity index is 589. The number of hydrogen-bond acceptors (Lipinski definition) is 5. The lowest BCUT2D eigenvalue weighted by molar-refractivity contribution is -0.136. The Balaban J connectivity index is 4.73. The van der Waals surface area contributed by atoms with E-state index in [1.807, 2.05) is 14.0 Å². The quantitative estimate of drug-likeness (QED) is 0.138. The number of rotatable bonds is 22. The fourth-order valence-electron chi connectivity index (χ4n) is 3.56. The molecule has 198 valence electrons. The molecular weight excluding hydrogens is 439 g/mol. The van der Waals surface area contributed by atoms with Crippen molar-refractivity contribution in [3.8, 4) is 0 Å². The van der Waals surface area contributed by atoms with Crippen LogP contribution in [0.1, 0.15) is 104 Å². The normalized spacial score (nSPS) is 12.6. The summed E-state index contributed by atoms with van der Waals surface area (Å²) in [5.74, 6) is -0.749. The van der Waals surface area contributed by atoms with Crippen LogP contribution in [0.25, 0.3) is 0 Å². The van der Waals surface area contributed by atoms with E-state index in [4.69, 9.17) is 0 Å². The second-order valence-corrected chi connectivity index (χ2v) is 8.84. The summed E-state index contributed by atoms with van der Waals surface area (Å²) in [6.07, 6.45) is 9.60. The SMILES string of the molecule is CCCCCC(=O)NCCCCC(NC(=O)CCCCC)C(=O)NC(CCCCNC)C(=O)F. The zero-order valence-corrected chi connectivity index (χ0v) is 21.5. The Kier molecular flexibility index (Phi) is 20.2. The van der Waals surface area contributed by atoms with Crippen molar-refractivity contribution >= 4 is 23.8 Å². The maximum Gasteiger partial charge on any atom is 0.323 e. The average molecular weight is 487 g/mol. The van der Waals surface area contributed by atoms with E-state index in [-0.39, 0.29) is 18.2 Å². The van der Waals surface area contributed by atoms with Crippen LogP contribution in [0.3, 0.4) is 0 Å². The summed E-state index contributed by atoms with van der Waals surface area (Å²) in [7, 11) is 1.81. The van der Waals surface area contributed by atoms with Crippen LogP contribution in [0.15, 0.2) is 0 Å². The first-order chi connectivity index (χ1) is 16.3. The lowest BCUT2D eigenvalue weighted by atomic mass is 10.1. The Morgan fingerprint density at radius 2 is 1.24 bits per heavy atom. The van der Waals surface area contributed by atoms with Crippen molar-refractivity contribution in [3.05, 3.63) is 0 Å². The van der Waals surface area contributed by atoms with E-state index >= 15 is 0 Å². The Morgan fingerprint density at radius 3 is 1.79 bits per heavy atom. The first-order valence-electron chi connectivity index (χ1n) is 13.1. The first-order valence-corrected chi connectivity index (χ1v) is 13.1. The van der Waals surface area contributed by atoms with Crippen LogP contribution in [0.4, 0.5) is 4.39 Å². The van der Waals surface area contributed by atoms with Crippen molar-refractivity contribution in [2.45, 2.75) is 116 Å². The van der Waals surface area contributed by atoms with Gasteiger partial charge in [0, 0.05) is 19.4 Å². The summed E-state index contributed by atoms with van der Waals surface area (Å²) in [6, 6.07) is -3.61. The van der Waals surface area contributed by atoms with Gasteiger partial charge in [0.1, 0.15) is 12.1 Å². The molecule has 0 aliphatic rings. The van der Waals surface area contributed by atoms with Crippen LogP contribution in [0, 0.1) is 0 Å². The van der Waals surface area contributed by atoms with Gasteiger partial charge in [0.15, 0.2) is 0 Å². The number of halogens is 1. The molecule has 9 heteroatoms. The predicted octanol–water partition coefficient (Wildman–Crippen LogP) is 3.29. The van der Waals surface area contributed by atoms with Crippen molar-refractivity contribution in [1.29, 1.82) is 0 Å². The smallest absolute Gasteiger partial charge is 0.323 e. The maximum absolute atomic E-state index is 13.5. The van der Waals surface area contributed by atoms with Crippen molar-refractivity contribution in [3.63, 3.8) is 0 Å². The monoisotopic (exact) mass is 486 g/mol. The molecule has 0 radical (unpaired) electrons. The van der Waals surface area contributed by atoms with Gasteiger partial charge in [0.2, 0.25) is 17.7 Å². The molecule has 4 N–H and O–H groups in total. The second kappa shape index (κ2) is 21.5. The predicted molar refractivity (Wildman–Crippen MR) is 133 cm³/mol. The summed E-state index contributed by atoms with van der Waals surface area (Å²) >= 11 is 0. The van der Waals surface area contributed by atoms with Crippen LogP contribution in [-0.2, 0) is 19.2 Å². The molecule has 0 heterocycles. The van der Waals surface area contributed by atoms with Crippen molar-refractivity contribution in [2.75, 3.05) is 20.1 Å². The molecule has 0 bridgehead atoms. The number of carbonyl (C=O) groups is 4. The van der Waals surface area contributed by atoms with Gasteiger partial charge in [-0.3, -0.25) is 19.2 Å². The molecule has 2 unspecified atom stereocenters. The van der Waals surface area contributed by atoms with E-state index in [0.29, 0.717) is 45.1 Å². The van der Waals surface area contributed by atoms with Crippen LogP contribution >= 0.6 is 0 Å². The van der Waals surface area contributed by atoms with Crippen LogP contribution in [0.5, 0.6) is 0 Å². The molecule has 0 saturated heterocycles. The minimum Gasteiger partial charge on any atom is -0.356 e. The largest absolute Gasteiger partial charge is 0.356 e. The third-order valence-electron chi connectivity index (χ3n) is 5.67.